The molecule has 0 spiro atoms. The zero-order valence-corrected chi connectivity index (χ0v) is 18.6. The van der Waals surface area contributed by atoms with Crippen LogP contribution in [0.5, 0.6) is 11.5 Å². The second kappa shape index (κ2) is 9.07. The minimum absolute atomic E-state index is 0.0726. The molecule has 10 heteroatoms. The van der Waals surface area contributed by atoms with Gasteiger partial charge in [0, 0.05) is 32.1 Å². The highest BCUT2D eigenvalue weighted by Crippen LogP contribution is 2.36. The van der Waals surface area contributed by atoms with Crippen LogP contribution in [-0.4, -0.2) is 51.3 Å². The molecule has 0 unspecified atom stereocenters. The highest BCUT2D eigenvalue weighted by molar-refractivity contribution is 7.92. The number of fused-ring (bicyclic) bond motifs is 1. The predicted octanol–water partition coefficient (Wildman–Crippen LogP) is 1.62. The van der Waals surface area contributed by atoms with E-state index in [-0.39, 0.29) is 25.8 Å². The molecule has 0 aliphatic carbocycles. The molecule has 0 bridgehead atoms. The number of amides is 2. The van der Waals surface area contributed by atoms with Gasteiger partial charge < -0.3 is 19.7 Å². The maximum absolute atomic E-state index is 12.6. The lowest BCUT2D eigenvalue weighted by molar-refractivity contribution is -0.128. The summed E-state index contributed by atoms with van der Waals surface area (Å²) < 4.78 is 36.2. The van der Waals surface area contributed by atoms with Crippen LogP contribution in [0.15, 0.2) is 42.5 Å². The van der Waals surface area contributed by atoms with Crippen LogP contribution in [0.4, 0.5) is 5.69 Å². The maximum Gasteiger partial charge on any atom is 0.241 e. The minimum Gasteiger partial charge on any atom is -0.454 e. The summed E-state index contributed by atoms with van der Waals surface area (Å²) in [4.78, 5) is 26.2. The number of likely N-dealkylation sites (tertiary alicyclic amines) is 1. The van der Waals surface area contributed by atoms with Crippen molar-refractivity contribution < 1.29 is 27.5 Å². The van der Waals surface area contributed by atoms with Crippen LogP contribution < -0.4 is 19.1 Å². The number of nitrogens with zero attached hydrogens (tertiary/aromatic N) is 2. The molecule has 0 saturated carbocycles. The fourth-order valence-electron chi connectivity index (χ4n) is 3.76. The molecule has 0 aromatic heterocycles. The summed E-state index contributed by atoms with van der Waals surface area (Å²) >= 11 is 0. The molecule has 2 aromatic carbocycles. The molecule has 32 heavy (non-hydrogen) atoms. The van der Waals surface area contributed by atoms with Crippen molar-refractivity contribution in [2.24, 2.45) is 0 Å². The first-order chi connectivity index (χ1) is 15.3. The second-order valence-electron chi connectivity index (χ2n) is 7.82. The van der Waals surface area contributed by atoms with Crippen molar-refractivity contribution in [1.82, 2.24) is 10.2 Å². The van der Waals surface area contributed by atoms with Crippen LogP contribution >= 0.6 is 0 Å². The molecule has 1 saturated heterocycles. The number of hydrogen-bond donors (Lipinski definition) is 1. The van der Waals surface area contributed by atoms with E-state index in [9.17, 15) is 18.0 Å². The van der Waals surface area contributed by atoms with E-state index in [1.54, 1.807) is 18.2 Å². The highest BCUT2D eigenvalue weighted by atomic mass is 32.2. The van der Waals surface area contributed by atoms with Crippen molar-refractivity contribution in [2.45, 2.75) is 25.9 Å². The zero-order valence-electron chi connectivity index (χ0n) is 17.7. The molecule has 9 nitrogen and oxygen atoms in total. The number of carbonyl (C=O) groups is 2. The van der Waals surface area contributed by atoms with Crippen LogP contribution in [0, 0.1) is 0 Å². The number of benzene rings is 2. The van der Waals surface area contributed by atoms with E-state index in [2.05, 4.69) is 5.32 Å². The molecule has 0 radical (unpaired) electrons. The maximum atomic E-state index is 12.6. The molecule has 1 fully saturated rings. The van der Waals surface area contributed by atoms with Gasteiger partial charge in [0.1, 0.15) is 6.54 Å². The molecule has 1 N–H and O–H groups in total. The van der Waals surface area contributed by atoms with E-state index >= 15 is 0 Å². The SMILES string of the molecule is CS(=O)(=O)N(CC(=O)NCc1cccc(CN2CCCC2=O)c1)c1ccc2c(c1)OCO2. The lowest BCUT2D eigenvalue weighted by atomic mass is 10.1. The van der Waals surface area contributed by atoms with Gasteiger partial charge in [-0.15, -0.1) is 0 Å². The number of rotatable bonds is 8. The lowest BCUT2D eigenvalue weighted by Crippen LogP contribution is -2.40. The Morgan fingerprint density at radius 2 is 1.91 bits per heavy atom. The standard InChI is InChI=1S/C22H25N3O6S/c1-32(28,29)25(18-7-8-19-20(11-18)31-15-30-19)14-21(26)23-12-16-4-2-5-17(10-16)13-24-9-3-6-22(24)27/h2,4-5,7-8,10-11H,3,6,9,12-15H2,1H3,(H,23,26). The molecule has 0 atom stereocenters. The van der Waals surface area contributed by atoms with Gasteiger partial charge in [0.05, 0.1) is 11.9 Å². The topological polar surface area (TPSA) is 105 Å². The molecule has 2 aliphatic heterocycles. The molecular formula is C22H25N3O6S. The smallest absolute Gasteiger partial charge is 0.241 e. The quantitative estimate of drug-likeness (QED) is 0.643. The lowest BCUT2D eigenvalue weighted by Gasteiger charge is -2.22. The van der Waals surface area contributed by atoms with E-state index in [1.807, 2.05) is 29.2 Å². The Labute approximate surface area is 187 Å². The van der Waals surface area contributed by atoms with Crippen molar-refractivity contribution in [1.29, 1.82) is 0 Å². The van der Waals surface area contributed by atoms with Crippen molar-refractivity contribution in [2.75, 3.05) is 30.4 Å². The summed E-state index contributed by atoms with van der Waals surface area (Å²) in [5.74, 6) is 0.688. The van der Waals surface area contributed by atoms with Crippen molar-refractivity contribution >= 4 is 27.5 Å². The van der Waals surface area contributed by atoms with E-state index in [1.165, 1.54) is 0 Å². The molecule has 2 aliphatic rings. The number of nitrogens with one attached hydrogen (secondary N) is 1. The van der Waals surface area contributed by atoms with Crippen LogP contribution in [-0.2, 0) is 32.7 Å². The molecule has 4 rings (SSSR count). The minimum atomic E-state index is -3.70. The molecular weight excluding hydrogens is 434 g/mol. The van der Waals surface area contributed by atoms with Gasteiger partial charge in [-0.05, 0) is 29.7 Å². The molecule has 170 valence electrons. The third-order valence-electron chi connectivity index (χ3n) is 5.36. The highest BCUT2D eigenvalue weighted by Gasteiger charge is 2.24. The molecule has 2 amide bonds. The normalized spacial score (nSPS) is 15.2. The summed E-state index contributed by atoms with van der Waals surface area (Å²) in [5, 5.41) is 2.77. The van der Waals surface area contributed by atoms with E-state index < -0.39 is 15.9 Å². The Morgan fingerprint density at radius 1 is 1.12 bits per heavy atom. The van der Waals surface area contributed by atoms with Crippen LogP contribution in [0.3, 0.4) is 0 Å². The third kappa shape index (κ3) is 5.13. The van der Waals surface area contributed by atoms with Gasteiger partial charge in [-0.3, -0.25) is 13.9 Å². The number of sulfonamides is 1. The zero-order chi connectivity index (χ0) is 22.7. The monoisotopic (exact) mass is 459 g/mol. The number of hydrogen-bond acceptors (Lipinski definition) is 6. The van der Waals surface area contributed by atoms with Gasteiger partial charge in [0.15, 0.2) is 11.5 Å². The summed E-state index contributed by atoms with van der Waals surface area (Å²) in [7, 11) is -3.70. The van der Waals surface area contributed by atoms with Gasteiger partial charge in [-0.1, -0.05) is 24.3 Å². The Kier molecular flexibility index (Phi) is 6.22. The fourth-order valence-corrected chi connectivity index (χ4v) is 4.61. The largest absolute Gasteiger partial charge is 0.454 e. The number of anilines is 1. The van der Waals surface area contributed by atoms with Crippen molar-refractivity contribution in [3.8, 4) is 11.5 Å². The first-order valence-electron chi connectivity index (χ1n) is 10.3. The number of ether oxygens (including phenoxy) is 2. The van der Waals surface area contributed by atoms with Crippen LogP contribution in [0.25, 0.3) is 0 Å². The van der Waals surface area contributed by atoms with Gasteiger partial charge in [0.2, 0.25) is 28.6 Å². The van der Waals surface area contributed by atoms with E-state index in [0.29, 0.717) is 30.2 Å². The van der Waals surface area contributed by atoms with Crippen molar-refractivity contribution in [3.63, 3.8) is 0 Å². The molecule has 2 aromatic rings. The average molecular weight is 460 g/mol. The fraction of sp³-hybridized carbons (Fsp3) is 0.364. The Bertz CT molecular complexity index is 1130. The first-order valence-corrected chi connectivity index (χ1v) is 12.1. The Morgan fingerprint density at radius 3 is 2.66 bits per heavy atom. The summed E-state index contributed by atoms with van der Waals surface area (Å²) in [6.07, 6.45) is 2.53. The summed E-state index contributed by atoms with van der Waals surface area (Å²) in [6.45, 7) is 1.27. The third-order valence-corrected chi connectivity index (χ3v) is 6.50. The molecule has 2 heterocycles. The van der Waals surface area contributed by atoms with E-state index in [0.717, 1.165) is 34.7 Å². The summed E-state index contributed by atoms with van der Waals surface area (Å²) in [6, 6.07) is 12.4. The van der Waals surface area contributed by atoms with E-state index in [4.69, 9.17) is 9.47 Å². The Hall–Kier alpha value is -3.27. The van der Waals surface area contributed by atoms with Crippen molar-refractivity contribution in [3.05, 3.63) is 53.6 Å². The summed E-state index contributed by atoms with van der Waals surface area (Å²) in [5.41, 5.74) is 2.19. The average Bonchev–Trinajstić information content (AvgIpc) is 3.38. The van der Waals surface area contributed by atoms with Gasteiger partial charge in [0.25, 0.3) is 0 Å². The van der Waals surface area contributed by atoms with Gasteiger partial charge in [-0.25, -0.2) is 8.42 Å². The number of carbonyl (C=O) groups excluding carboxylic acids is 2. The predicted molar refractivity (Wildman–Crippen MR) is 118 cm³/mol. The van der Waals surface area contributed by atoms with Gasteiger partial charge in [-0.2, -0.15) is 0 Å². The van der Waals surface area contributed by atoms with Crippen LogP contribution in [0.1, 0.15) is 24.0 Å². The van der Waals surface area contributed by atoms with Gasteiger partial charge >= 0.3 is 0 Å². The van der Waals surface area contributed by atoms with Crippen LogP contribution in [0.2, 0.25) is 0 Å². The second-order valence-corrected chi connectivity index (χ2v) is 9.73. The Balaban J connectivity index is 1.39. The first kappa shape index (κ1) is 21.9.